The van der Waals surface area contributed by atoms with E-state index >= 15 is 0 Å². The maximum absolute atomic E-state index is 5.25. The summed E-state index contributed by atoms with van der Waals surface area (Å²) in [7, 11) is 1.77. The number of nitrogens with zero attached hydrogens (tertiary/aromatic N) is 1. The molecule has 0 aromatic carbocycles. The van der Waals surface area contributed by atoms with Crippen molar-refractivity contribution in [1.29, 1.82) is 0 Å². The van der Waals surface area contributed by atoms with Crippen molar-refractivity contribution in [3.8, 4) is 0 Å². The van der Waals surface area contributed by atoms with Crippen LogP contribution >= 0.6 is 15.9 Å². The van der Waals surface area contributed by atoms with Crippen molar-refractivity contribution in [3.63, 3.8) is 0 Å². The highest BCUT2D eigenvalue weighted by atomic mass is 79.9. The second-order valence-corrected chi connectivity index (χ2v) is 4.18. The molecule has 0 saturated carbocycles. The van der Waals surface area contributed by atoms with Crippen molar-refractivity contribution in [2.45, 2.75) is 32.8 Å². The summed E-state index contributed by atoms with van der Waals surface area (Å²) in [5.74, 6) is 0. The summed E-state index contributed by atoms with van der Waals surface area (Å²) in [4.78, 5) is 2.45. The molecule has 2 nitrogen and oxygen atoms in total. The lowest BCUT2D eigenvalue weighted by atomic mass is 10.3. The Kier molecular flexibility index (Phi) is 9.25. The van der Waals surface area contributed by atoms with Crippen molar-refractivity contribution in [2.75, 3.05) is 32.1 Å². The molecule has 1 atom stereocenters. The molecule has 0 rings (SSSR count). The zero-order chi connectivity index (χ0) is 10.1. The first-order chi connectivity index (χ1) is 6.24. The highest BCUT2D eigenvalue weighted by molar-refractivity contribution is 9.09. The van der Waals surface area contributed by atoms with Crippen LogP contribution in [0.2, 0.25) is 0 Å². The minimum Gasteiger partial charge on any atom is -0.380 e. The highest BCUT2D eigenvalue weighted by Crippen LogP contribution is 2.00. The average Bonchev–Trinajstić information content (AvgIpc) is 2.14. The van der Waals surface area contributed by atoms with Gasteiger partial charge in [0, 0.05) is 25.5 Å². The van der Waals surface area contributed by atoms with Gasteiger partial charge in [-0.2, -0.15) is 0 Å². The third-order valence-corrected chi connectivity index (χ3v) is 2.50. The molecule has 0 aliphatic heterocycles. The largest absolute Gasteiger partial charge is 0.380 e. The number of hydrogen-bond acceptors (Lipinski definition) is 2. The van der Waals surface area contributed by atoms with E-state index in [-0.39, 0.29) is 0 Å². The molecule has 0 spiro atoms. The zero-order valence-electron chi connectivity index (χ0n) is 9.05. The van der Waals surface area contributed by atoms with E-state index in [0.717, 1.165) is 18.4 Å². The van der Waals surface area contributed by atoms with Crippen LogP contribution < -0.4 is 0 Å². The van der Waals surface area contributed by atoms with E-state index in [9.17, 15) is 0 Å². The molecule has 0 saturated heterocycles. The van der Waals surface area contributed by atoms with Gasteiger partial charge in [-0.15, -0.1) is 0 Å². The maximum Gasteiger partial charge on any atom is 0.0670 e. The lowest BCUT2D eigenvalue weighted by Crippen LogP contribution is -2.34. The van der Waals surface area contributed by atoms with Crippen LogP contribution in [-0.4, -0.2) is 43.1 Å². The molecule has 0 bridgehead atoms. The Bertz CT molecular complexity index is 111. The topological polar surface area (TPSA) is 12.5 Å². The number of alkyl halides is 1. The van der Waals surface area contributed by atoms with Crippen LogP contribution in [0, 0.1) is 0 Å². The molecule has 0 heterocycles. The van der Waals surface area contributed by atoms with E-state index in [1.165, 1.54) is 19.4 Å². The number of ether oxygens (including phenoxy) is 1. The molecule has 3 heteroatoms. The van der Waals surface area contributed by atoms with Crippen LogP contribution in [0.5, 0.6) is 0 Å². The first-order valence-corrected chi connectivity index (χ1v) is 6.17. The Labute approximate surface area is 90.8 Å². The number of halogens is 1. The van der Waals surface area contributed by atoms with Gasteiger partial charge < -0.3 is 4.74 Å². The summed E-state index contributed by atoms with van der Waals surface area (Å²) in [6, 6.07) is 0. The number of methoxy groups -OCH3 is 1. The van der Waals surface area contributed by atoms with Crippen LogP contribution in [0.25, 0.3) is 0 Å². The Morgan fingerprint density at radius 1 is 1.38 bits per heavy atom. The Hall–Kier alpha value is 0.400. The molecule has 0 aliphatic carbocycles. The van der Waals surface area contributed by atoms with E-state index in [2.05, 4.69) is 34.7 Å². The molecule has 80 valence electrons. The average molecular weight is 252 g/mol. The molecule has 0 aromatic heterocycles. The summed E-state index contributed by atoms with van der Waals surface area (Å²) in [6.07, 6.45) is 2.89. The SMILES string of the molecule is CCCCN(CCBr)CC(C)OC. The molecule has 1 unspecified atom stereocenters. The predicted octanol–water partition coefficient (Wildman–Crippen LogP) is 2.52. The Morgan fingerprint density at radius 3 is 2.54 bits per heavy atom. The summed E-state index contributed by atoms with van der Waals surface area (Å²) in [6.45, 7) is 7.70. The fourth-order valence-corrected chi connectivity index (χ4v) is 1.74. The van der Waals surface area contributed by atoms with Crippen molar-refractivity contribution in [2.24, 2.45) is 0 Å². The first-order valence-electron chi connectivity index (χ1n) is 5.05. The van der Waals surface area contributed by atoms with Crippen LogP contribution in [0.3, 0.4) is 0 Å². The molecule has 0 aromatic rings. The van der Waals surface area contributed by atoms with Crippen molar-refractivity contribution in [3.05, 3.63) is 0 Å². The third-order valence-electron chi connectivity index (χ3n) is 2.15. The second-order valence-electron chi connectivity index (χ2n) is 3.39. The molecule has 13 heavy (non-hydrogen) atoms. The van der Waals surface area contributed by atoms with Gasteiger partial charge in [0.15, 0.2) is 0 Å². The van der Waals surface area contributed by atoms with Gasteiger partial charge >= 0.3 is 0 Å². The minimum absolute atomic E-state index is 0.343. The number of rotatable bonds is 8. The van der Waals surface area contributed by atoms with Crippen LogP contribution in [-0.2, 0) is 4.74 Å². The van der Waals surface area contributed by atoms with Gasteiger partial charge in [-0.3, -0.25) is 4.90 Å². The molecule has 0 fully saturated rings. The van der Waals surface area contributed by atoms with Crippen molar-refractivity contribution < 1.29 is 4.74 Å². The van der Waals surface area contributed by atoms with E-state index in [1.54, 1.807) is 7.11 Å². The predicted molar refractivity (Wildman–Crippen MR) is 61.6 cm³/mol. The summed E-state index contributed by atoms with van der Waals surface area (Å²) in [5, 5.41) is 1.05. The molecular formula is C10H22BrNO. The van der Waals surface area contributed by atoms with Gasteiger partial charge in [-0.05, 0) is 19.9 Å². The van der Waals surface area contributed by atoms with Gasteiger partial charge in [-0.25, -0.2) is 0 Å². The second kappa shape index (κ2) is 8.97. The van der Waals surface area contributed by atoms with E-state index in [4.69, 9.17) is 4.74 Å². The fourth-order valence-electron chi connectivity index (χ4n) is 1.23. The van der Waals surface area contributed by atoms with E-state index < -0.39 is 0 Å². The monoisotopic (exact) mass is 251 g/mol. The Morgan fingerprint density at radius 2 is 2.08 bits per heavy atom. The van der Waals surface area contributed by atoms with Crippen molar-refractivity contribution in [1.82, 2.24) is 4.90 Å². The minimum atomic E-state index is 0.343. The lowest BCUT2D eigenvalue weighted by molar-refractivity contribution is 0.0788. The van der Waals surface area contributed by atoms with E-state index in [1.807, 2.05) is 0 Å². The fraction of sp³-hybridized carbons (Fsp3) is 1.00. The summed E-state index contributed by atoms with van der Waals surface area (Å²) < 4.78 is 5.25. The van der Waals surface area contributed by atoms with Crippen LogP contribution in [0.4, 0.5) is 0 Å². The normalized spacial score (nSPS) is 13.6. The molecular weight excluding hydrogens is 230 g/mol. The zero-order valence-corrected chi connectivity index (χ0v) is 10.6. The summed E-state index contributed by atoms with van der Waals surface area (Å²) in [5.41, 5.74) is 0. The Balaban J connectivity index is 3.65. The van der Waals surface area contributed by atoms with Gasteiger partial charge in [-0.1, -0.05) is 29.3 Å². The highest BCUT2D eigenvalue weighted by Gasteiger charge is 2.07. The standard InChI is InChI=1S/C10H22BrNO/c1-4-5-7-12(8-6-11)9-10(2)13-3/h10H,4-9H2,1-3H3. The molecule has 0 N–H and O–H groups in total. The van der Waals surface area contributed by atoms with Crippen LogP contribution in [0.1, 0.15) is 26.7 Å². The lowest BCUT2D eigenvalue weighted by Gasteiger charge is -2.23. The summed E-state index contributed by atoms with van der Waals surface area (Å²) >= 11 is 3.47. The van der Waals surface area contributed by atoms with Gasteiger partial charge in [0.25, 0.3) is 0 Å². The maximum atomic E-state index is 5.25. The quantitative estimate of drug-likeness (QED) is 0.615. The van der Waals surface area contributed by atoms with Gasteiger partial charge in [0.05, 0.1) is 6.10 Å². The van der Waals surface area contributed by atoms with E-state index in [0.29, 0.717) is 6.10 Å². The first kappa shape index (κ1) is 13.4. The smallest absolute Gasteiger partial charge is 0.0670 e. The van der Waals surface area contributed by atoms with Crippen LogP contribution in [0.15, 0.2) is 0 Å². The van der Waals surface area contributed by atoms with Gasteiger partial charge in [0.1, 0.15) is 0 Å². The molecule has 0 radical (unpaired) electrons. The third kappa shape index (κ3) is 7.47. The molecule has 0 amide bonds. The number of unbranched alkanes of at least 4 members (excludes halogenated alkanes) is 1. The van der Waals surface area contributed by atoms with Crippen molar-refractivity contribution >= 4 is 15.9 Å². The van der Waals surface area contributed by atoms with Gasteiger partial charge in [0.2, 0.25) is 0 Å². The number of hydrogen-bond donors (Lipinski definition) is 0. The molecule has 0 aliphatic rings.